The van der Waals surface area contributed by atoms with Crippen LogP contribution in [0, 0.1) is 12.0 Å². The van der Waals surface area contributed by atoms with Crippen LogP contribution in [0.2, 0.25) is 0 Å². The van der Waals surface area contributed by atoms with Gasteiger partial charge in [-0.1, -0.05) is 26.8 Å². The molecule has 19 heavy (non-hydrogen) atoms. The Morgan fingerprint density at radius 3 is 2.37 bits per heavy atom. The van der Waals surface area contributed by atoms with Gasteiger partial charge in [-0.05, 0) is 17.5 Å². The van der Waals surface area contributed by atoms with Crippen LogP contribution in [0.25, 0.3) is 0 Å². The molecule has 0 fully saturated rings. The Kier molecular flexibility index (Phi) is 5.18. The fraction of sp³-hybridized carbons (Fsp3) is 0.429. The summed E-state index contributed by atoms with van der Waals surface area (Å²) in [5.74, 6) is 0.127. The molecule has 0 atom stereocenters. The SMILES string of the molecule is COc1cccc(C(=O)OO[CH]C(C)(C)C)c1OC. The standard InChI is InChI=1S/C14H19O5/c1-14(2,3)9-18-19-13(15)10-7-6-8-11(16-4)12(10)17-5/h6-9H,1-5H3. The van der Waals surface area contributed by atoms with E-state index in [1.165, 1.54) is 20.8 Å². The number of hydrogen-bond acceptors (Lipinski definition) is 5. The lowest BCUT2D eigenvalue weighted by molar-refractivity contribution is -0.224. The van der Waals surface area contributed by atoms with Gasteiger partial charge in [0.25, 0.3) is 0 Å². The molecule has 0 aliphatic heterocycles. The van der Waals surface area contributed by atoms with Crippen molar-refractivity contribution >= 4 is 5.97 Å². The smallest absolute Gasteiger partial charge is 0.376 e. The van der Waals surface area contributed by atoms with Crippen molar-refractivity contribution in [2.24, 2.45) is 5.41 Å². The largest absolute Gasteiger partial charge is 0.493 e. The molecule has 0 aliphatic rings. The molecule has 0 bridgehead atoms. The summed E-state index contributed by atoms with van der Waals surface area (Å²) in [7, 11) is 2.95. The number of benzene rings is 1. The second-order valence-corrected chi connectivity index (χ2v) is 4.99. The van der Waals surface area contributed by atoms with Crippen LogP contribution in [0.3, 0.4) is 0 Å². The van der Waals surface area contributed by atoms with E-state index in [-0.39, 0.29) is 11.0 Å². The Bertz CT molecular complexity index is 434. The molecule has 1 radical (unpaired) electrons. The van der Waals surface area contributed by atoms with Crippen molar-refractivity contribution < 1.29 is 24.0 Å². The average Bonchev–Trinajstić information content (AvgIpc) is 2.35. The van der Waals surface area contributed by atoms with Gasteiger partial charge < -0.3 is 9.47 Å². The van der Waals surface area contributed by atoms with Gasteiger partial charge in [-0.25, -0.2) is 4.79 Å². The number of hydrogen-bond donors (Lipinski definition) is 0. The number of methoxy groups -OCH3 is 2. The third-order valence-electron chi connectivity index (χ3n) is 2.15. The molecule has 0 saturated heterocycles. The van der Waals surface area contributed by atoms with E-state index in [0.29, 0.717) is 11.5 Å². The molecule has 0 aliphatic carbocycles. The molecule has 1 aromatic carbocycles. The maximum Gasteiger partial charge on any atom is 0.376 e. The van der Waals surface area contributed by atoms with Crippen molar-refractivity contribution in [2.75, 3.05) is 14.2 Å². The van der Waals surface area contributed by atoms with Gasteiger partial charge >= 0.3 is 5.97 Å². The van der Waals surface area contributed by atoms with Crippen LogP contribution in [0.5, 0.6) is 11.5 Å². The Hall–Kier alpha value is -1.75. The zero-order valence-electron chi connectivity index (χ0n) is 11.9. The van der Waals surface area contributed by atoms with E-state index < -0.39 is 5.97 Å². The van der Waals surface area contributed by atoms with Crippen LogP contribution >= 0.6 is 0 Å². The minimum atomic E-state index is -0.642. The fourth-order valence-corrected chi connectivity index (χ4v) is 1.30. The van der Waals surface area contributed by atoms with Crippen LogP contribution in [-0.4, -0.2) is 20.2 Å². The highest BCUT2D eigenvalue weighted by Crippen LogP contribution is 2.31. The summed E-state index contributed by atoms with van der Waals surface area (Å²) in [6, 6.07) is 4.94. The van der Waals surface area contributed by atoms with E-state index in [9.17, 15) is 4.79 Å². The van der Waals surface area contributed by atoms with Crippen LogP contribution in [0.4, 0.5) is 0 Å². The summed E-state index contributed by atoms with van der Waals surface area (Å²) < 4.78 is 10.2. The second kappa shape index (κ2) is 6.43. The third kappa shape index (κ3) is 4.44. The van der Waals surface area contributed by atoms with Crippen molar-refractivity contribution in [3.63, 3.8) is 0 Å². The first-order valence-electron chi connectivity index (χ1n) is 5.82. The summed E-state index contributed by atoms with van der Waals surface area (Å²) in [5.41, 5.74) is 0.0304. The minimum Gasteiger partial charge on any atom is -0.493 e. The quantitative estimate of drug-likeness (QED) is 0.606. The molecule has 0 spiro atoms. The number of rotatable bonds is 5. The Morgan fingerprint density at radius 1 is 1.16 bits per heavy atom. The molecule has 0 N–H and O–H groups in total. The van der Waals surface area contributed by atoms with E-state index >= 15 is 0 Å². The first-order chi connectivity index (χ1) is 8.89. The number of carbonyl (C=O) groups is 1. The summed E-state index contributed by atoms with van der Waals surface area (Å²) in [6.45, 7) is 7.21. The van der Waals surface area contributed by atoms with Gasteiger partial charge in [0.2, 0.25) is 0 Å². The van der Waals surface area contributed by atoms with Crippen molar-refractivity contribution in [3.05, 3.63) is 30.4 Å². The third-order valence-corrected chi connectivity index (χ3v) is 2.15. The summed E-state index contributed by atoms with van der Waals surface area (Å²) in [4.78, 5) is 21.4. The lowest BCUT2D eigenvalue weighted by Gasteiger charge is -2.16. The van der Waals surface area contributed by atoms with Crippen molar-refractivity contribution in [1.29, 1.82) is 0 Å². The lowest BCUT2D eigenvalue weighted by Crippen LogP contribution is -2.13. The first-order valence-corrected chi connectivity index (χ1v) is 5.82. The van der Waals surface area contributed by atoms with Crippen LogP contribution in [0.1, 0.15) is 31.1 Å². The van der Waals surface area contributed by atoms with E-state index in [4.69, 9.17) is 19.2 Å². The number of para-hydroxylation sites is 1. The predicted octanol–water partition coefficient (Wildman–Crippen LogP) is 3.00. The summed E-state index contributed by atoms with van der Waals surface area (Å²) in [5, 5.41) is 0. The van der Waals surface area contributed by atoms with Crippen LogP contribution in [-0.2, 0) is 9.78 Å². The zero-order valence-corrected chi connectivity index (χ0v) is 11.9. The molecule has 105 valence electrons. The molecule has 5 nitrogen and oxygen atoms in total. The van der Waals surface area contributed by atoms with E-state index in [2.05, 4.69) is 0 Å². The highest BCUT2D eigenvalue weighted by atomic mass is 17.2. The topological polar surface area (TPSA) is 54.0 Å². The predicted molar refractivity (Wildman–Crippen MR) is 69.8 cm³/mol. The van der Waals surface area contributed by atoms with Gasteiger partial charge in [0, 0.05) is 0 Å². The van der Waals surface area contributed by atoms with Crippen molar-refractivity contribution in [3.8, 4) is 11.5 Å². The maximum atomic E-state index is 11.9. The van der Waals surface area contributed by atoms with E-state index in [1.807, 2.05) is 20.8 Å². The van der Waals surface area contributed by atoms with Gasteiger partial charge in [0.15, 0.2) is 11.5 Å². The highest BCUT2D eigenvalue weighted by molar-refractivity contribution is 5.93. The number of carbonyl (C=O) groups excluding carboxylic acids is 1. The molecule has 0 heterocycles. The Morgan fingerprint density at radius 2 is 1.84 bits per heavy atom. The summed E-state index contributed by atoms with van der Waals surface area (Å²) >= 11 is 0. The van der Waals surface area contributed by atoms with E-state index in [1.54, 1.807) is 18.2 Å². The summed E-state index contributed by atoms with van der Waals surface area (Å²) in [6.07, 6.45) is 0. The minimum absolute atomic E-state index is 0.210. The lowest BCUT2D eigenvalue weighted by atomic mass is 9.99. The number of ether oxygens (including phenoxy) is 2. The Balaban J connectivity index is 2.77. The van der Waals surface area contributed by atoms with Gasteiger partial charge in [-0.15, -0.1) is 0 Å². The normalized spacial score (nSPS) is 11.0. The monoisotopic (exact) mass is 267 g/mol. The molecular formula is C14H19O5. The first kappa shape index (κ1) is 15.3. The second-order valence-electron chi connectivity index (χ2n) is 4.99. The van der Waals surface area contributed by atoms with Crippen molar-refractivity contribution in [2.45, 2.75) is 20.8 Å². The average molecular weight is 267 g/mol. The molecule has 0 amide bonds. The maximum absolute atomic E-state index is 11.9. The Labute approximate surface area is 113 Å². The fourth-order valence-electron chi connectivity index (χ4n) is 1.30. The van der Waals surface area contributed by atoms with Gasteiger partial charge in [0.05, 0.1) is 14.2 Å². The molecule has 5 heteroatoms. The molecule has 0 aromatic heterocycles. The van der Waals surface area contributed by atoms with Crippen LogP contribution < -0.4 is 9.47 Å². The molecule has 0 unspecified atom stereocenters. The zero-order chi connectivity index (χ0) is 14.5. The molecule has 1 aromatic rings. The van der Waals surface area contributed by atoms with E-state index in [0.717, 1.165) is 0 Å². The van der Waals surface area contributed by atoms with Gasteiger partial charge in [-0.3, -0.25) is 4.89 Å². The van der Waals surface area contributed by atoms with Gasteiger partial charge in [0.1, 0.15) is 12.2 Å². The van der Waals surface area contributed by atoms with Crippen molar-refractivity contribution in [1.82, 2.24) is 0 Å². The molecule has 0 saturated carbocycles. The molecular weight excluding hydrogens is 248 g/mol. The van der Waals surface area contributed by atoms with Gasteiger partial charge in [-0.2, -0.15) is 4.89 Å². The highest BCUT2D eigenvalue weighted by Gasteiger charge is 2.20. The molecule has 1 rings (SSSR count). The van der Waals surface area contributed by atoms with Crippen LogP contribution in [0.15, 0.2) is 18.2 Å².